The third kappa shape index (κ3) is 3.30. The molecule has 88 valence electrons. The Morgan fingerprint density at radius 2 is 1.93 bits per heavy atom. The Bertz CT molecular complexity index is 199. The number of carbonyl (C=O) groups excluding carboxylic acids is 1. The molecule has 2 heteroatoms. The third-order valence-corrected chi connectivity index (χ3v) is 3.90. The number of hydrogen-bond acceptors (Lipinski definition) is 2. The van der Waals surface area contributed by atoms with Crippen molar-refractivity contribution in [1.82, 2.24) is 4.90 Å². The van der Waals surface area contributed by atoms with Crippen molar-refractivity contribution in [3.63, 3.8) is 0 Å². The van der Waals surface area contributed by atoms with Crippen LogP contribution in [0, 0.1) is 5.41 Å². The Labute approximate surface area is 94.0 Å². The predicted molar refractivity (Wildman–Crippen MR) is 64.0 cm³/mol. The minimum Gasteiger partial charge on any atom is -0.303 e. The fourth-order valence-corrected chi connectivity index (χ4v) is 2.46. The molecule has 1 aliphatic rings. The van der Waals surface area contributed by atoms with E-state index in [1.807, 2.05) is 0 Å². The van der Waals surface area contributed by atoms with Crippen LogP contribution in [-0.2, 0) is 4.79 Å². The van der Waals surface area contributed by atoms with E-state index in [2.05, 4.69) is 25.7 Å². The summed E-state index contributed by atoms with van der Waals surface area (Å²) in [7, 11) is 0. The van der Waals surface area contributed by atoms with Gasteiger partial charge in [-0.1, -0.05) is 33.6 Å². The molecule has 0 aromatic carbocycles. The summed E-state index contributed by atoms with van der Waals surface area (Å²) in [5.41, 5.74) is -0.140. The van der Waals surface area contributed by atoms with Crippen molar-refractivity contribution < 1.29 is 4.79 Å². The average Bonchev–Trinajstić information content (AvgIpc) is 2.79. The van der Waals surface area contributed by atoms with Gasteiger partial charge < -0.3 is 4.79 Å². The second kappa shape index (κ2) is 5.64. The van der Waals surface area contributed by atoms with Gasteiger partial charge in [0, 0.05) is 18.0 Å². The first-order chi connectivity index (χ1) is 7.15. The predicted octanol–water partition coefficient (Wildman–Crippen LogP) is 2.87. The van der Waals surface area contributed by atoms with E-state index in [1.165, 1.54) is 25.7 Å². The number of aldehydes is 1. The summed E-state index contributed by atoms with van der Waals surface area (Å²) in [5.74, 6) is 0. The van der Waals surface area contributed by atoms with Gasteiger partial charge in [0.2, 0.25) is 0 Å². The minimum atomic E-state index is -0.140. The van der Waals surface area contributed by atoms with Gasteiger partial charge in [0.05, 0.1) is 0 Å². The highest BCUT2D eigenvalue weighted by Crippen LogP contribution is 2.27. The minimum absolute atomic E-state index is 0.140. The van der Waals surface area contributed by atoms with Crippen molar-refractivity contribution >= 4 is 6.29 Å². The molecule has 0 spiro atoms. The molecule has 0 aromatic rings. The Morgan fingerprint density at radius 3 is 2.33 bits per heavy atom. The standard InChI is InChI=1S/C13H25NO/c1-4-13(3,11-15)10-14(5-2)12-8-6-7-9-12/h11-12H,4-10H2,1-3H3. The number of hydrogen-bond donors (Lipinski definition) is 0. The van der Waals surface area contributed by atoms with Crippen LogP contribution in [0.5, 0.6) is 0 Å². The van der Waals surface area contributed by atoms with E-state index in [9.17, 15) is 4.79 Å². The molecule has 1 atom stereocenters. The van der Waals surface area contributed by atoms with Gasteiger partial charge in [-0.15, -0.1) is 0 Å². The number of nitrogens with zero attached hydrogens (tertiary/aromatic N) is 1. The fraction of sp³-hybridized carbons (Fsp3) is 0.923. The molecular weight excluding hydrogens is 186 g/mol. The zero-order chi connectivity index (χ0) is 11.3. The van der Waals surface area contributed by atoms with Gasteiger partial charge in [-0.2, -0.15) is 0 Å². The molecule has 0 radical (unpaired) electrons. The topological polar surface area (TPSA) is 20.3 Å². The van der Waals surface area contributed by atoms with Gasteiger partial charge in [-0.25, -0.2) is 0 Å². The lowest BCUT2D eigenvalue weighted by Crippen LogP contribution is -2.41. The Balaban J connectivity index is 2.54. The fourth-order valence-electron chi connectivity index (χ4n) is 2.46. The Kier molecular flexibility index (Phi) is 4.78. The lowest BCUT2D eigenvalue weighted by Gasteiger charge is -2.34. The van der Waals surface area contributed by atoms with Gasteiger partial charge in [0.1, 0.15) is 6.29 Å². The van der Waals surface area contributed by atoms with E-state index in [1.54, 1.807) is 0 Å². The monoisotopic (exact) mass is 211 g/mol. The molecular formula is C13H25NO. The maximum atomic E-state index is 11.1. The maximum absolute atomic E-state index is 11.1. The van der Waals surface area contributed by atoms with Gasteiger partial charge in [-0.3, -0.25) is 4.90 Å². The van der Waals surface area contributed by atoms with Gasteiger partial charge in [0.25, 0.3) is 0 Å². The van der Waals surface area contributed by atoms with E-state index in [-0.39, 0.29) is 5.41 Å². The summed E-state index contributed by atoms with van der Waals surface area (Å²) in [6.45, 7) is 8.41. The summed E-state index contributed by atoms with van der Waals surface area (Å²) >= 11 is 0. The molecule has 1 unspecified atom stereocenters. The molecule has 1 saturated carbocycles. The van der Waals surface area contributed by atoms with E-state index in [0.717, 1.165) is 31.8 Å². The molecule has 0 bridgehead atoms. The van der Waals surface area contributed by atoms with E-state index >= 15 is 0 Å². The summed E-state index contributed by atoms with van der Waals surface area (Å²) in [6.07, 6.45) is 7.47. The second-order valence-corrected chi connectivity index (χ2v) is 5.13. The Morgan fingerprint density at radius 1 is 1.33 bits per heavy atom. The molecule has 1 rings (SSSR count). The van der Waals surface area contributed by atoms with Crippen LogP contribution in [0.4, 0.5) is 0 Å². The van der Waals surface area contributed by atoms with Crippen LogP contribution in [0.1, 0.15) is 52.9 Å². The smallest absolute Gasteiger partial charge is 0.127 e. The van der Waals surface area contributed by atoms with Crippen LogP contribution in [0.3, 0.4) is 0 Å². The van der Waals surface area contributed by atoms with Crippen molar-refractivity contribution in [1.29, 1.82) is 0 Å². The number of rotatable bonds is 6. The summed E-state index contributed by atoms with van der Waals surface area (Å²) in [4.78, 5) is 13.6. The summed E-state index contributed by atoms with van der Waals surface area (Å²) in [6, 6.07) is 0.737. The van der Waals surface area contributed by atoms with Gasteiger partial charge in [-0.05, 0) is 25.8 Å². The lowest BCUT2D eigenvalue weighted by molar-refractivity contribution is -0.116. The molecule has 2 nitrogen and oxygen atoms in total. The highest BCUT2D eigenvalue weighted by molar-refractivity contribution is 5.58. The van der Waals surface area contributed by atoms with Crippen LogP contribution < -0.4 is 0 Å². The first-order valence-corrected chi connectivity index (χ1v) is 6.35. The molecule has 0 heterocycles. The normalized spacial score (nSPS) is 21.9. The van der Waals surface area contributed by atoms with Crippen LogP contribution >= 0.6 is 0 Å². The van der Waals surface area contributed by atoms with E-state index in [0.29, 0.717) is 0 Å². The second-order valence-electron chi connectivity index (χ2n) is 5.13. The first-order valence-electron chi connectivity index (χ1n) is 6.35. The molecule has 0 amide bonds. The third-order valence-electron chi connectivity index (χ3n) is 3.90. The molecule has 1 fully saturated rings. The van der Waals surface area contributed by atoms with E-state index < -0.39 is 0 Å². The molecule has 1 aliphatic carbocycles. The highest BCUT2D eigenvalue weighted by atomic mass is 16.1. The van der Waals surface area contributed by atoms with Crippen LogP contribution in [-0.4, -0.2) is 30.3 Å². The van der Waals surface area contributed by atoms with Crippen molar-refractivity contribution in [3.8, 4) is 0 Å². The quantitative estimate of drug-likeness (QED) is 0.630. The first kappa shape index (κ1) is 12.7. The highest BCUT2D eigenvalue weighted by Gasteiger charge is 2.29. The van der Waals surface area contributed by atoms with E-state index in [4.69, 9.17) is 0 Å². The van der Waals surface area contributed by atoms with Crippen molar-refractivity contribution in [2.45, 2.75) is 58.9 Å². The zero-order valence-corrected chi connectivity index (χ0v) is 10.5. The van der Waals surface area contributed by atoms with Crippen LogP contribution in [0.2, 0.25) is 0 Å². The molecule has 15 heavy (non-hydrogen) atoms. The van der Waals surface area contributed by atoms with Crippen molar-refractivity contribution in [2.24, 2.45) is 5.41 Å². The Hall–Kier alpha value is -0.370. The SMILES string of the molecule is CCN(CC(C)(C=O)CC)C1CCCC1. The number of carbonyl (C=O) groups is 1. The average molecular weight is 211 g/mol. The summed E-state index contributed by atoms with van der Waals surface area (Å²) in [5, 5.41) is 0. The lowest BCUT2D eigenvalue weighted by atomic mass is 9.88. The van der Waals surface area contributed by atoms with Gasteiger partial charge in [0.15, 0.2) is 0 Å². The largest absolute Gasteiger partial charge is 0.303 e. The van der Waals surface area contributed by atoms with Crippen molar-refractivity contribution in [2.75, 3.05) is 13.1 Å². The molecule has 0 aromatic heterocycles. The zero-order valence-electron chi connectivity index (χ0n) is 10.5. The summed E-state index contributed by atoms with van der Waals surface area (Å²) < 4.78 is 0. The van der Waals surface area contributed by atoms with Crippen LogP contribution in [0.15, 0.2) is 0 Å². The molecule has 0 aliphatic heterocycles. The van der Waals surface area contributed by atoms with Crippen molar-refractivity contribution in [3.05, 3.63) is 0 Å². The maximum Gasteiger partial charge on any atom is 0.127 e. The molecule has 0 saturated heterocycles. The van der Waals surface area contributed by atoms with Crippen LogP contribution in [0.25, 0.3) is 0 Å². The molecule has 0 N–H and O–H groups in total. The van der Waals surface area contributed by atoms with Gasteiger partial charge >= 0.3 is 0 Å².